The molecule has 0 radical (unpaired) electrons. The SMILES string of the molecule is CC(=O)c1cc2cc(C(C)=O)sc2s1. The fraction of sp³-hybridized carbons (Fsp3) is 0.200. The van der Waals surface area contributed by atoms with Crippen molar-refractivity contribution < 1.29 is 9.59 Å². The predicted molar refractivity (Wildman–Crippen MR) is 59.7 cm³/mol. The standard InChI is InChI=1S/C10H8O2S2/c1-5(11)8-3-7-4-9(6(2)12)14-10(7)13-8/h3-4H,1-2H3. The van der Waals surface area contributed by atoms with E-state index in [0.29, 0.717) is 0 Å². The number of hydrogen-bond donors (Lipinski definition) is 0. The molecule has 0 spiro atoms. The van der Waals surface area contributed by atoms with Crippen LogP contribution in [0, 0.1) is 0 Å². The highest BCUT2D eigenvalue weighted by atomic mass is 32.2. The number of Topliss-reactive ketones (excluding diaryl/α,β-unsaturated/α-hetero) is 2. The molecular weight excluding hydrogens is 216 g/mol. The van der Waals surface area contributed by atoms with Crippen molar-refractivity contribution in [2.45, 2.75) is 13.8 Å². The first-order valence-electron chi connectivity index (χ1n) is 4.13. The third-order valence-corrected chi connectivity index (χ3v) is 4.50. The van der Waals surface area contributed by atoms with Crippen molar-refractivity contribution in [2.24, 2.45) is 0 Å². The first kappa shape index (κ1) is 9.55. The minimum Gasteiger partial charge on any atom is -0.294 e. The van der Waals surface area contributed by atoms with E-state index in [-0.39, 0.29) is 11.6 Å². The zero-order valence-electron chi connectivity index (χ0n) is 7.79. The highest BCUT2D eigenvalue weighted by molar-refractivity contribution is 7.39. The van der Waals surface area contributed by atoms with Crippen molar-refractivity contribution in [3.63, 3.8) is 0 Å². The van der Waals surface area contributed by atoms with Crippen LogP contribution in [0.2, 0.25) is 0 Å². The Morgan fingerprint density at radius 3 is 1.71 bits per heavy atom. The second kappa shape index (κ2) is 3.29. The summed E-state index contributed by atoms with van der Waals surface area (Å²) >= 11 is 2.92. The molecule has 0 N–H and O–H groups in total. The van der Waals surface area contributed by atoms with Gasteiger partial charge in [-0.1, -0.05) is 0 Å². The van der Waals surface area contributed by atoms with Crippen molar-refractivity contribution in [3.05, 3.63) is 21.9 Å². The summed E-state index contributed by atoms with van der Waals surface area (Å²) < 4.78 is 1.06. The summed E-state index contributed by atoms with van der Waals surface area (Å²) in [7, 11) is 0. The van der Waals surface area contributed by atoms with Gasteiger partial charge < -0.3 is 0 Å². The maximum atomic E-state index is 11.1. The molecule has 72 valence electrons. The van der Waals surface area contributed by atoms with E-state index in [1.807, 2.05) is 12.1 Å². The lowest BCUT2D eigenvalue weighted by Gasteiger charge is -1.84. The number of thiophene rings is 2. The van der Waals surface area contributed by atoms with Crippen molar-refractivity contribution in [3.8, 4) is 0 Å². The Kier molecular flexibility index (Phi) is 2.25. The fourth-order valence-electron chi connectivity index (χ4n) is 1.19. The van der Waals surface area contributed by atoms with E-state index >= 15 is 0 Å². The van der Waals surface area contributed by atoms with Crippen LogP contribution < -0.4 is 0 Å². The molecule has 2 rings (SSSR count). The third kappa shape index (κ3) is 1.51. The molecule has 0 aliphatic rings. The summed E-state index contributed by atoms with van der Waals surface area (Å²) in [6.45, 7) is 3.11. The first-order valence-corrected chi connectivity index (χ1v) is 5.76. The molecule has 2 heterocycles. The van der Waals surface area contributed by atoms with Crippen molar-refractivity contribution in [1.82, 2.24) is 0 Å². The molecule has 0 bridgehead atoms. The highest BCUT2D eigenvalue weighted by Crippen LogP contribution is 2.33. The molecule has 2 nitrogen and oxygen atoms in total. The monoisotopic (exact) mass is 224 g/mol. The van der Waals surface area contributed by atoms with Crippen LogP contribution in [-0.4, -0.2) is 11.6 Å². The van der Waals surface area contributed by atoms with E-state index in [1.54, 1.807) is 13.8 Å². The predicted octanol–water partition coefficient (Wildman–Crippen LogP) is 3.37. The Bertz CT molecular complexity index is 444. The number of carbonyl (C=O) groups is 2. The van der Waals surface area contributed by atoms with Gasteiger partial charge in [0.2, 0.25) is 0 Å². The van der Waals surface area contributed by atoms with Gasteiger partial charge in [-0.2, -0.15) is 0 Å². The van der Waals surface area contributed by atoms with Gasteiger partial charge in [0.05, 0.1) is 13.8 Å². The zero-order valence-corrected chi connectivity index (χ0v) is 9.42. The van der Waals surface area contributed by atoms with Crippen LogP contribution in [0.1, 0.15) is 33.2 Å². The minimum atomic E-state index is 0.0859. The molecule has 0 atom stereocenters. The Labute approximate surface area is 89.2 Å². The maximum absolute atomic E-state index is 11.1. The summed E-state index contributed by atoms with van der Waals surface area (Å²) in [6, 6.07) is 3.70. The number of fused-ring (bicyclic) bond motifs is 1. The molecule has 2 aromatic heterocycles. The third-order valence-electron chi connectivity index (χ3n) is 1.91. The molecule has 0 aromatic carbocycles. The summed E-state index contributed by atoms with van der Waals surface area (Å²) in [6.07, 6.45) is 0. The van der Waals surface area contributed by atoms with Gasteiger partial charge in [-0.05, 0) is 26.0 Å². The van der Waals surface area contributed by atoms with E-state index in [9.17, 15) is 9.59 Å². The van der Waals surface area contributed by atoms with Gasteiger partial charge in [0.25, 0.3) is 0 Å². The quantitative estimate of drug-likeness (QED) is 0.733. The van der Waals surface area contributed by atoms with Crippen molar-refractivity contribution in [1.29, 1.82) is 0 Å². The Morgan fingerprint density at radius 2 is 1.43 bits per heavy atom. The highest BCUT2D eigenvalue weighted by Gasteiger charge is 2.11. The Morgan fingerprint density at radius 1 is 1.00 bits per heavy atom. The van der Waals surface area contributed by atoms with Gasteiger partial charge in [-0.25, -0.2) is 0 Å². The fourth-order valence-corrected chi connectivity index (χ4v) is 3.42. The van der Waals surface area contributed by atoms with Crippen LogP contribution in [0.25, 0.3) is 9.40 Å². The molecule has 0 saturated heterocycles. The molecular formula is C10H8O2S2. The zero-order chi connectivity index (χ0) is 10.3. The molecule has 0 aliphatic carbocycles. The summed E-state index contributed by atoms with van der Waals surface area (Å²) in [4.78, 5) is 23.7. The van der Waals surface area contributed by atoms with Crippen LogP contribution in [0.5, 0.6) is 0 Å². The van der Waals surface area contributed by atoms with Crippen molar-refractivity contribution in [2.75, 3.05) is 0 Å². The van der Waals surface area contributed by atoms with Crippen LogP contribution in [0.15, 0.2) is 12.1 Å². The van der Waals surface area contributed by atoms with Crippen molar-refractivity contribution >= 4 is 43.6 Å². The van der Waals surface area contributed by atoms with Gasteiger partial charge >= 0.3 is 0 Å². The lowest BCUT2D eigenvalue weighted by Crippen LogP contribution is -1.85. The van der Waals surface area contributed by atoms with E-state index < -0.39 is 0 Å². The molecule has 0 saturated carbocycles. The summed E-state index contributed by atoms with van der Waals surface area (Å²) in [5, 5.41) is 1.01. The van der Waals surface area contributed by atoms with E-state index in [0.717, 1.165) is 19.2 Å². The van der Waals surface area contributed by atoms with Crippen LogP contribution in [0.3, 0.4) is 0 Å². The normalized spacial score (nSPS) is 10.7. The minimum absolute atomic E-state index is 0.0859. The van der Waals surface area contributed by atoms with Gasteiger partial charge in [-0.3, -0.25) is 9.59 Å². The number of carbonyl (C=O) groups excluding carboxylic acids is 2. The molecule has 0 fully saturated rings. The average molecular weight is 224 g/mol. The van der Waals surface area contributed by atoms with E-state index in [1.165, 1.54) is 22.7 Å². The first-order chi connectivity index (χ1) is 6.58. The van der Waals surface area contributed by atoms with Gasteiger partial charge in [0, 0.05) is 5.39 Å². The molecule has 0 amide bonds. The number of rotatable bonds is 2. The molecule has 4 heteroatoms. The smallest absolute Gasteiger partial charge is 0.169 e. The number of hydrogen-bond acceptors (Lipinski definition) is 4. The van der Waals surface area contributed by atoms with Crippen LogP contribution >= 0.6 is 22.7 Å². The van der Waals surface area contributed by atoms with E-state index in [4.69, 9.17) is 0 Å². The van der Waals surface area contributed by atoms with Gasteiger partial charge in [0.1, 0.15) is 0 Å². The topological polar surface area (TPSA) is 34.1 Å². The second-order valence-electron chi connectivity index (χ2n) is 3.08. The Hall–Kier alpha value is -1.00. The van der Waals surface area contributed by atoms with E-state index in [2.05, 4.69) is 0 Å². The summed E-state index contributed by atoms with van der Waals surface area (Å²) in [5.74, 6) is 0.172. The average Bonchev–Trinajstić information content (AvgIpc) is 2.57. The lowest BCUT2D eigenvalue weighted by molar-refractivity contribution is 0.101. The number of ketones is 2. The molecule has 2 aromatic rings. The van der Waals surface area contributed by atoms with Crippen LogP contribution in [0.4, 0.5) is 0 Å². The molecule has 0 aliphatic heterocycles. The van der Waals surface area contributed by atoms with Gasteiger partial charge in [-0.15, -0.1) is 22.7 Å². The van der Waals surface area contributed by atoms with Crippen LogP contribution in [-0.2, 0) is 0 Å². The largest absolute Gasteiger partial charge is 0.294 e. The second-order valence-corrected chi connectivity index (χ2v) is 5.44. The maximum Gasteiger partial charge on any atom is 0.169 e. The molecule has 14 heavy (non-hydrogen) atoms. The lowest BCUT2D eigenvalue weighted by atomic mass is 10.3. The Balaban J connectivity index is 2.56. The summed E-state index contributed by atoms with van der Waals surface area (Å²) in [5.41, 5.74) is 0. The van der Waals surface area contributed by atoms with Gasteiger partial charge in [0.15, 0.2) is 11.6 Å². The molecule has 0 unspecified atom stereocenters.